The molecular weight excluding hydrogens is 377 g/mol. The summed E-state index contributed by atoms with van der Waals surface area (Å²) in [7, 11) is 1.94. The van der Waals surface area contributed by atoms with Crippen LogP contribution in [0, 0.1) is 0 Å². The van der Waals surface area contributed by atoms with Crippen molar-refractivity contribution in [2.24, 2.45) is 0 Å². The van der Waals surface area contributed by atoms with E-state index in [1.165, 1.54) is 4.90 Å². The second-order valence-electron chi connectivity index (χ2n) is 5.17. The third kappa shape index (κ3) is 5.54. The first-order valence-corrected chi connectivity index (χ1v) is 8.47. The van der Waals surface area contributed by atoms with Crippen molar-refractivity contribution in [1.29, 1.82) is 0 Å². The van der Waals surface area contributed by atoms with E-state index in [0.717, 1.165) is 23.4 Å². The summed E-state index contributed by atoms with van der Waals surface area (Å²) in [4.78, 5) is 27.3. The second-order valence-corrected chi connectivity index (χ2v) is 5.94. The van der Waals surface area contributed by atoms with Crippen LogP contribution in [0.2, 0.25) is 0 Å². The average molecular weight is 400 g/mol. The van der Waals surface area contributed by atoms with Gasteiger partial charge < -0.3 is 0 Å². The fourth-order valence-corrected chi connectivity index (χ4v) is 3.03. The van der Waals surface area contributed by atoms with Gasteiger partial charge in [0.05, 0.1) is 0 Å². The predicted octanol–water partition coefficient (Wildman–Crippen LogP) is 0.696. The molecule has 0 spiro atoms. The molecule has 132 valence electrons. The van der Waals surface area contributed by atoms with E-state index in [4.69, 9.17) is 10.2 Å². The van der Waals surface area contributed by atoms with Gasteiger partial charge in [-0.3, -0.25) is 0 Å². The van der Waals surface area contributed by atoms with Gasteiger partial charge in [0.15, 0.2) is 0 Å². The minimum absolute atomic E-state index is 0.361. The van der Waals surface area contributed by atoms with Crippen molar-refractivity contribution in [2.45, 2.75) is 13.8 Å². The van der Waals surface area contributed by atoms with Gasteiger partial charge in [-0.05, 0) is 0 Å². The van der Waals surface area contributed by atoms with E-state index in [1.807, 2.05) is 24.1 Å². The summed E-state index contributed by atoms with van der Waals surface area (Å²) in [5, 5.41) is 17.9. The molecule has 0 amide bonds. The van der Waals surface area contributed by atoms with E-state index in [1.54, 1.807) is 12.1 Å². The van der Waals surface area contributed by atoms with Crippen LogP contribution in [0.25, 0.3) is 0 Å². The Kier molecular flexibility index (Phi) is 7.74. The average Bonchev–Trinajstić information content (AvgIpc) is 2.54. The van der Waals surface area contributed by atoms with Crippen LogP contribution < -0.4 is 9.80 Å². The monoisotopic (exact) mass is 401 g/mol. The molecule has 0 radical (unpaired) electrons. The summed E-state index contributed by atoms with van der Waals surface area (Å²) in [5.74, 6) is -2.14. The van der Waals surface area contributed by atoms with Crippen molar-refractivity contribution < 1.29 is 19.8 Å². The van der Waals surface area contributed by atoms with E-state index < -0.39 is 11.9 Å². The molecule has 1 aromatic rings. The minimum atomic E-state index is -1.07. The molecule has 0 aliphatic carbocycles. The predicted molar refractivity (Wildman–Crippen MR) is 96.0 cm³/mol. The molecule has 24 heavy (non-hydrogen) atoms. The van der Waals surface area contributed by atoms with Crippen LogP contribution in [0.3, 0.4) is 0 Å². The SMILES string of the molecule is CCN(CC)C(=[Se])N(C)c1ccc(N(CC(=O)O)CC(=O)O)cc1. The molecule has 0 aromatic heterocycles. The van der Waals surface area contributed by atoms with E-state index in [2.05, 4.69) is 34.3 Å². The molecular formula is C16H23N3O4Se. The third-order valence-electron chi connectivity index (χ3n) is 3.58. The van der Waals surface area contributed by atoms with Crippen LogP contribution in [-0.2, 0) is 9.59 Å². The van der Waals surface area contributed by atoms with Crippen LogP contribution in [0.4, 0.5) is 11.4 Å². The van der Waals surface area contributed by atoms with E-state index in [0.29, 0.717) is 5.69 Å². The normalized spacial score (nSPS) is 10.1. The molecule has 0 aliphatic rings. The molecule has 0 bridgehead atoms. The van der Waals surface area contributed by atoms with E-state index >= 15 is 0 Å². The van der Waals surface area contributed by atoms with E-state index in [-0.39, 0.29) is 13.1 Å². The molecule has 0 fully saturated rings. The number of carboxylic acids is 2. The topological polar surface area (TPSA) is 84.3 Å². The van der Waals surface area contributed by atoms with Crippen LogP contribution in [0.5, 0.6) is 0 Å². The maximum atomic E-state index is 10.9. The fraction of sp³-hybridized carbons (Fsp3) is 0.438. The first-order chi connectivity index (χ1) is 11.3. The molecule has 0 atom stereocenters. The van der Waals surface area contributed by atoms with Crippen molar-refractivity contribution in [2.75, 3.05) is 43.0 Å². The Morgan fingerprint density at radius 2 is 1.38 bits per heavy atom. The number of hydrogen-bond acceptors (Lipinski definition) is 5. The van der Waals surface area contributed by atoms with E-state index in [9.17, 15) is 9.59 Å². The number of carboxylic acid groups (broad SMARTS) is 2. The second kappa shape index (κ2) is 9.30. The molecule has 0 saturated heterocycles. The molecule has 0 heterocycles. The zero-order chi connectivity index (χ0) is 18.3. The first kappa shape index (κ1) is 20.0. The molecule has 8 heteroatoms. The van der Waals surface area contributed by atoms with Crippen LogP contribution >= 0.6 is 0 Å². The molecule has 1 aromatic carbocycles. The zero-order valence-corrected chi connectivity index (χ0v) is 15.8. The van der Waals surface area contributed by atoms with Crippen LogP contribution in [0.1, 0.15) is 13.8 Å². The van der Waals surface area contributed by atoms with Crippen LogP contribution in [-0.4, -0.2) is 80.5 Å². The van der Waals surface area contributed by atoms with Gasteiger partial charge in [-0.15, -0.1) is 0 Å². The number of benzene rings is 1. The van der Waals surface area contributed by atoms with Gasteiger partial charge in [0.25, 0.3) is 0 Å². The van der Waals surface area contributed by atoms with Gasteiger partial charge in [-0.1, -0.05) is 0 Å². The number of hydrogen-bond donors (Lipinski definition) is 2. The number of nitrogens with zero attached hydrogens (tertiary/aromatic N) is 3. The van der Waals surface area contributed by atoms with Crippen molar-refractivity contribution in [1.82, 2.24) is 4.90 Å². The Labute approximate surface area is 149 Å². The van der Waals surface area contributed by atoms with Crippen LogP contribution in [0.15, 0.2) is 24.3 Å². The van der Waals surface area contributed by atoms with Gasteiger partial charge in [-0.2, -0.15) is 0 Å². The van der Waals surface area contributed by atoms with Crippen molar-refractivity contribution in [3.8, 4) is 0 Å². The summed E-state index contributed by atoms with van der Waals surface area (Å²) in [6.07, 6.45) is 0. The Morgan fingerprint density at radius 1 is 0.958 bits per heavy atom. The molecule has 7 nitrogen and oxygen atoms in total. The number of carbonyl (C=O) groups is 2. The van der Waals surface area contributed by atoms with Gasteiger partial charge in [0.1, 0.15) is 0 Å². The Hall–Kier alpha value is -2.05. The van der Waals surface area contributed by atoms with Gasteiger partial charge in [-0.25, -0.2) is 0 Å². The summed E-state index contributed by atoms with van der Waals surface area (Å²) < 4.78 is 0.987. The quantitative estimate of drug-likeness (QED) is 0.560. The molecule has 0 saturated carbocycles. The molecule has 1 rings (SSSR count). The molecule has 0 unspecified atom stereocenters. The summed E-state index contributed by atoms with van der Waals surface area (Å²) in [6, 6.07) is 7.14. The maximum absolute atomic E-state index is 10.9. The summed E-state index contributed by atoms with van der Waals surface area (Å²) >= 11 is 3.07. The summed E-state index contributed by atoms with van der Waals surface area (Å²) in [5.41, 5.74) is 1.48. The van der Waals surface area contributed by atoms with Crippen molar-refractivity contribution in [3.05, 3.63) is 24.3 Å². The van der Waals surface area contributed by atoms with Crippen molar-refractivity contribution >= 4 is 43.6 Å². The Bertz CT molecular complexity index is 571. The Morgan fingerprint density at radius 3 is 1.75 bits per heavy atom. The number of anilines is 2. The third-order valence-corrected chi connectivity index (χ3v) is 4.69. The standard InChI is InChI=1S/C16H23N3O4Se/c1-4-18(5-2)16(24)17(3)12-6-8-13(9-7-12)19(10-14(20)21)11-15(22)23/h6-9H,4-5,10-11H2,1-3H3,(H,20,21)(H,22,23). The fourth-order valence-electron chi connectivity index (χ4n) is 2.27. The first-order valence-electron chi connectivity index (χ1n) is 7.61. The Balaban J connectivity index is 2.95. The summed E-state index contributed by atoms with van der Waals surface area (Å²) in [6.45, 7) is 5.19. The number of aliphatic carboxylic acids is 2. The van der Waals surface area contributed by atoms with Gasteiger partial charge in [0, 0.05) is 0 Å². The molecule has 2 N–H and O–H groups in total. The van der Waals surface area contributed by atoms with Gasteiger partial charge >= 0.3 is 149 Å². The number of rotatable bonds is 10. The van der Waals surface area contributed by atoms with Crippen molar-refractivity contribution in [3.63, 3.8) is 0 Å². The zero-order valence-electron chi connectivity index (χ0n) is 14.1. The van der Waals surface area contributed by atoms with Gasteiger partial charge in [0.2, 0.25) is 0 Å². The molecule has 0 aliphatic heterocycles.